The van der Waals surface area contributed by atoms with E-state index in [4.69, 9.17) is 12.2 Å². The van der Waals surface area contributed by atoms with Crippen molar-refractivity contribution in [1.82, 2.24) is 14.5 Å². The van der Waals surface area contributed by atoms with E-state index in [1.807, 2.05) is 0 Å². The number of aromatic amines is 1. The molecule has 5 nitrogen and oxygen atoms in total. The lowest BCUT2D eigenvalue weighted by Crippen LogP contribution is -2.35. The number of alkyl halides is 3. The molecule has 0 bridgehead atoms. The number of hydrogen-bond acceptors (Lipinski definition) is 3. The molecule has 0 saturated carbocycles. The standard InChI is InChI=1S/C15H14F3N3O2S/c1-3-6-21-13(23)10-5-4-9(7-11(10)19-14(21)24)12(22)20(2)8-15(16,17)18/h3-5,7H,1,6,8H2,2H3,(H,19,24). The zero-order valence-corrected chi connectivity index (χ0v) is 13.5. The zero-order chi connectivity index (χ0) is 18.1. The molecule has 0 saturated heterocycles. The van der Waals surface area contributed by atoms with Gasteiger partial charge < -0.3 is 9.88 Å². The number of nitrogens with one attached hydrogen (secondary N) is 1. The topological polar surface area (TPSA) is 58.1 Å². The van der Waals surface area contributed by atoms with Crippen LogP contribution in [-0.4, -0.2) is 40.1 Å². The number of fused-ring (bicyclic) bond motifs is 1. The molecule has 2 aromatic rings. The van der Waals surface area contributed by atoms with E-state index in [1.54, 1.807) is 0 Å². The lowest BCUT2D eigenvalue weighted by atomic mass is 10.1. The highest BCUT2D eigenvalue weighted by atomic mass is 32.1. The van der Waals surface area contributed by atoms with Gasteiger partial charge in [-0.05, 0) is 30.4 Å². The number of nitrogens with zero attached hydrogens (tertiary/aromatic N) is 2. The third-order valence-corrected chi connectivity index (χ3v) is 3.63. The Kier molecular flexibility index (Phi) is 4.93. The molecule has 9 heteroatoms. The van der Waals surface area contributed by atoms with Crippen molar-refractivity contribution >= 4 is 29.0 Å². The lowest BCUT2D eigenvalue weighted by Gasteiger charge is -2.19. The minimum Gasteiger partial charge on any atom is -0.333 e. The van der Waals surface area contributed by atoms with Gasteiger partial charge in [0.15, 0.2) is 4.77 Å². The average molecular weight is 357 g/mol. The van der Waals surface area contributed by atoms with Gasteiger partial charge in [0.2, 0.25) is 0 Å². The Hall–Kier alpha value is -2.42. The average Bonchev–Trinajstić information content (AvgIpc) is 2.48. The summed E-state index contributed by atoms with van der Waals surface area (Å²) in [5.74, 6) is -0.802. The summed E-state index contributed by atoms with van der Waals surface area (Å²) in [5.41, 5.74) is -0.0476. The minimum atomic E-state index is -4.49. The van der Waals surface area contributed by atoms with Crippen molar-refractivity contribution in [3.63, 3.8) is 0 Å². The second-order valence-electron chi connectivity index (χ2n) is 5.17. The number of benzene rings is 1. The number of H-pyrrole nitrogens is 1. The number of rotatable bonds is 4. The molecule has 2 rings (SSSR count). The molecule has 0 aliphatic heterocycles. The smallest absolute Gasteiger partial charge is 0.333 e. The maximum atomic E-state index is 12.4. The summed E-state index contributed by atoms with van der Waals surface area (Å²) in [6.45, 7) is 2.40. The van der Waals surface area contributed by atoms with Crippen molar-refractivity contribution in [3.05, 3.63) is 51.5 Å². The molecule has 0 unspecified atom stereocenters. The third-order valence-electron chi connectivity index (χ3n) is 3.30. The lowest BCUT2D eigenvalue weighted by molar-refractivity contribution is -0.138. The highest BCUT2D eigenvalue weighted by Crippen LogP contribution is 2.18. The summed E-state index contributed by atoms with van der Waals surface area (Å²) in [5, 5.41) is 0.278. The van der Waals surface area contributed by atoms with Gasteiger partial charge in [0, 0.05) is 19.2 Å². The van der Waals surface area contributed by atoms with Gasteiger partial charge in [-0.3, -0.25) is 14.2 Å². The summed E-state index contributed by atoms with van der Waals surface area (Å²) in [6, 6.07) is 4.02. The summed E-state index contributed by atoms with van der Waals surface area (Å²) in [4.78, 5) is 27.8. The SMILES string of the molecule is C=CCn1c(=S)[nH]c2cc(C(=O)N(C)CC(F)(F)F)ccc2c1=O. The van der Waals surface area contributed by atoms with Crippen LogP contribution < -0.4 is 5.56 Å². The van der Waals surface area contributed by atoms with Crippen LogP contribution in [0, 0.1) is 4.77 Å². The molecule has 0 spiro atoms. The van der Waals surface area contributed by atoms with E-state index in [0.717, 1.165) is 7.05 Å². The molecule has 1 N–H and O–H groups in total. The van der Waals surface area contributed by atoms with Crippen molar-refractivity contribution < 1.29 is 18.0 Å². The van der Waals surface area contributed by atoms with Crippen LogP contribution in [0.4, 0.5) is 13.2 Å². The first-order valence-electron chi connectivity index (χ1n) is 6.84. The van der Waals surface area contributed by atoms with Gasteiger partial charge in [-0.25, -0.2) is 0 Å². The van der Waals surface area contributed by atoms with Crippen LogP contribution in [-0.2, 0) is 6.54 Å². The van der Waals surface area contributed by atoms with E-state index in [1.165, 1.54) is 28.8 Å². The van der Waals surface area contributed by atoms with E-state index in [9.17, 15) is 22.8 Å². The fraction of sp³-hybridized carbons (Fsp3) is 0.267. The Morgan fingerprint density at radius 2 is 2.12 bits per heavy atom. The third kappa shape index (κ3) is 3.73. The van der Waals surface area contributed by atoms with Gasteiger partial charge in [0.1, 0.15) is 6.54 Å². The molecular formula is C15H14F3N3O2S. The molecule has 128 valence electrons. The highest BCUT2D eigenvalue weighted by Gasteiger charge is 2.31. The van der Waals surface area contributed by atoms with Crippen LogP contribution >= 0.6 is 12.2 Å². The fourth-order valence-electron chi connectivity index (χ4n) is 2.24. The van der Waals surface area contributed by atoms with Gasteiger partial charge in [-0.2, -0.15) is 13.2 Å². The molecular weight excluding hydrogens is 343 g/mol. The largest absolute Gasteiger partial charge is 0.406 e. The van der Waals surface area contributed by atoms with Crippen LogP contribution in [0.3, 0.4) is 0 Å². The number of aromatic nitrogens is 2. The summed E-state index contributed by atoms with van der Waals surface area (Å²) in [6.07, 6.45) is -2.97. The normalized spacial score (nSPS) is 11.5. The second kappa shape index (κ2) is 6.60. The minimum absolute atomic E-state index is 0.0285. The Morgan fingerprint density at radius 3 is 2.71 bits per heavy atom. The molecule has 0 aliphatic carbocycles. The van der Waals surface area contributed by atoms with Crippen molar-refractivity contribution in [3.8, 4) is 0 Å². The second-order valence-corrected chi connectivity index (χ2v) is 5.56. The van der Waals surface area contributed by atoms with Crippen molar-refractivity contribution in [1.29, 1.82) is 0 Å². The van der Waals surface area contributed by atoms with E-state index < -0.39 is 18.6 Å². The van der Waals surface area contributed by atoms with Crippen LogP contribution in [0.5, 0.6) is 0 Å². The first kappa shape index (κ1) is 17.9. The summed E-state index contributed by atoms with van der Waals surface area (Å²) < 4.78 is 38.6. The fourth-order valence-corrected chi connectivity index (χ4v) is 2.51. The number of carbonyl (C=O) groups excluding carboxylic acids is 1. The van der Waals surface area contributed by atoms with Crippen molar-refractivity contribution in [2.24, 2.45) is 0 Å². The molecule has 1 aromatic carbocycles. The summed E-state index contributed by atoms with van der Waals surface area (Å²) >= 11 is 5.08. The van der Waals surface area contributed by atoms with E-state index in [-0.39, 0.29) is 33.3 Å². The molecule has 0 aliphatic rings. The maximum absolute atomic E-state index is 12.4. The van der Waals surface area contributed by atoms with Crippen molar-refractivity contribution in [2.75, 3.05) is 13.6 Å². The van der Waals surface area contributed by atoms with E-state index >= 15 is 0 Å². The molecule has 1 aromatic heterocycles. The Bertz CT molecular complexity index is 915. The number of hydrogen-bond donors (Lipinski definition) is 1. The monoisotopic (exact) mass is 357 g/mol. The highest BCUT2D eigenvalue weighted by molar-refractivity contribution is 7.71. The van der Waals surface area contributed by atoms with E-state index in [2.05, 4.69) is 11.6 Å². The molecule has 0 fully saturated rings. The van der Waals surface area contributed by atoms with Crippen LogP contribution in [0.15, 0.2) is 35.6 Å². The quantitative estimate of drug-likeness (QED) is 0.676. The van der Waals surface area contributed by atoms with Gasteiger partial charge in [-0.1, -0.05) is 6.08 Å². The zero-order valence-electron chi connectivity index (χ0n) is 12.7. The predicted molar refractivity (Wildman–Crippen MR) is 86.6 cm³/mol. The van der Waals surface area contributed by atoms with Gasteiger partial charge >= 0.3 is 6.18 Å². The van der Waals surface area contributed by atoms with Gasteiger partial charge in [0.05, 0.1) is 10.9 Å². The molecule has 24 heavy (non-hydrogen) atoms. The van der Waals surface area contributed by atoms with Crippen LogP contribution in [0.1, 0.15) is 10.4 Å². The van der Waals surface area contributed by atoms with Gasteiger partial charge in [0.25, 0.3) is 11.5 Å². The summed E-state index contributed by atoms with van der Waals surface area (Å²) in [7, 11) is 1.06. The van der Waals surface area contributed by atoms with E-state index in [0.29, 0.717) is 4.90 Å². The van der Waals surface area contributed by atoms with Gasteiger partial charge in [-0.15, -0.1) is 6.58 Å². The number of allylic oxidation sites excluding steroid dienone is 1. The molecule has 0 radical (unpaired) electrons. The maximum Gasteiger partial charge on any atom is 0.406 e. The first-order valence-corrected chi connectivity index (χ1v) is 7.25. The molecule has 1 heterocycles. The predicted octanol–water partition coefficient (Wildman–Crippen LogP) is 2.88. The van der Waals surface area contributed by atoms with Crippen LogP contribution in [0.25, 0.3) is 10.9 Å². The number of halogens is 3. The first-order chi connectivity index (χ1) is 11.1. The van der Waals surface area contributed by atoms with Crippen molar-refractivity contribution in [2.45, 2.75) is 12.7 Å². The Morgan fingerprint density at radius 1 is 1.46 bits per heavy atom. The molecule has 1 amide bonds. The van der Waals surface area contributed by atoms with Crippen LogP contribution in [0.2, 0.25) is 0 Å². The molecule has 0 atom stereocenters. The number of amides is 1. The number of carbonyl (C=O) groups is 1. The Balaban J connectivity index is 2.47. The Labute approximate surface area is 140 Å².